The van der Waals surface area contributed by atoms with E-state index in [4.69, 9.17) is 4.42 Å². The fourth-order valence-corrected chi connectivity index (χ4v) is 6.92. The average Bonchev–Trinajstić information content (AvgIpc) is 3.56. The number of hydrogen-bond acceptors (Lipinski definition) is 2. The van der Waals surface area contributed by atoms with E-state index in [2.05, 4.69) is 181 Å². The van der Waals surface area contributed by atoms with Crippen molar-refractivity contribution in [3.63, 3.8) is 0 Å². The zero-order valence-corrected chi connectivity index (χ0v) is 26.3. The molecule has 0 saturated carbocycles. The number of para-hydroxylation sites is 2. The van der Waals surface area contributed by atoms with Gasteiger partial charge in [0.15, 0.2) is 0 Å². The average molecular weight is 614 g/mol. The topological polar surface area (TPSA) is 16.4 Å². The fraction of sp³-hybridized carbons (Fsp3) is 0. The van der Waals surface area contributed by atoms with Gasteiger partial charge in [0.1, 0.15) is 11.2 Å². The zero-order valence-electron chi connectivity index (χ0n) is 26.3. The maximum atomic E-state index is 6.26. The molecule has 0 aliphatic carbocycles. The first kappa shape index (κ1) is 27.9. The third-order valence-corrected chi connectivity index (χ3v) is 9.28. The van der Waals surface area contributed by atoms with Crippen molar-refractivity contribution >= 4 is 49.8 Å². The second-order valence-corrected chi connectivity index (χ2v) is 12.2. The smallest absolute Gasteiger partial charge is 0.136 e. The van der Waals surface area contributed by atoms with Gasteiger partial charge in [0.25, 0.3) is 0 Å². The quantitative estimate of drug-likeness (QED) is 0.185. The Bertz CT molecular complexity index is 2450. The molecule has 0 saturated heterocycles. The van der Waals surface area contributed by atoms with Crippen LogP contribution in [-0.4, -0.2) is 0 Å². The standard InChI is InChI=1S/C46H31NO/c1-3-11-32(12-4-1)34-21-26-38(27-22-34)47(39-28-23-35(24-29-39)33-13-5-2-6-14-33)43-17-9-7-15-40(43)37-20-19-36-25-30-45-46(42(36)31-37)41-16-8-10-18-44(41)48-45/h1-31H. The Balaban J connectivity index is 1.21. The lowest BCUT2D eigenvalue weighted by Crippen LogP contribution is -2.11. The lowest BCUT2D eigenvalue weighted by molar-refractivity contribution is 0.669. The van der Waals surface area contributed by atoms with Gasteiger partial charge in [-0.3, -0.25) is 0 Å². The summed E-state index contributed by atoms with van der Waals surface area (Å²) in [4.78, 5) is 2.37. The highest BCUT2D eigenvalue weighted by molar-refractivity contribution is 6.19. The molecule has 2 heteroatoms. The Labute approximate surface area is 279 Å². The molecule has 0 amide bonds. The molecule has 1 heterocycles. The van der Waals surface area contributed by atoms with Crippen LogP contribution in [0.25, 0.3) is 66.1 Å². The number of hydrogen-bond donors (Lipinski definition) is 0. The zero-order chi connectivity index (χ0) is 31.9. The number of benzene rings is 8. The van der Waals surface area contributed by atoms with Crippen LogP contribution in [0.15, 0.2) is 192 Å². The van der Waals surface area contributed by atoms with Gasteiger partial charge in [-0.15, -0.1) is 0 Å². The molecule has 0 fully saturated rings. The van der Waals surface area contributed by atoms with Gasteiger partial charge >= 0.3 is 0 Å². The van der Waals surface area contributed by atoms with E-state index in [0.717, 1.165) is 50.1 Å². The molecule has 48 heavy (non-hydrogen) atoms. The maximum Gasteiger partial charge on any atom is 0.136 e. The van der Waals surface area contributed by atoms with Gasteiger partial charge < -0.3 is 9.32 Å². The second kappa shape index (κ2) is 11.8. The van der Waals surface area contributed by atoms with Crippen molar-refractivity contribution in [2.24, 2.45) is 0 Å². The number of rotatable bonds is 6. The van der Waals surface area contributed by atoms with Crippen LogP contribution >= 0.6 is 0 Å². The van der Waals surface area contributed by atoms with Gasteiger partial charge in [-0.1, -0.05) is 140 Å². The number of nitrogens with zero attached hydrogens (tertiary/aromatic N) is 1. The molecule has 0 aliphatic heterocycles. The molecule has 9 aromatic rings. The Kier molecular flexibility index (Phi) is 6.84. The Morgan fingerprint density at radius 3 is 1.54 bits per heavy atom. The molecule has 226 valence electrons. The first-order valence-electron chi connectivity index (χ1n) is 16.3. The van der Waals surface area contributed by atoms with Crippen molar-refractivity contribution in [1.82, 2.24) is 0 Å². The largest absolute Gasteiger partial charge is 0.456 e. The first-order valence-corrected chi connectivity index (χ1v) is 16.3. The monoisotopic (exact) mass is 613 g/mol. The number of furan rings is 1. The molecule has 9 rings (SSSR count). The van der Waals surface area contributed by atoms with E-state index in [0.29, 0.717) is 0 Å². The number of fused-ring (bicyclic) bond motifs is 5. The third-order valence-electron chi connectivity index (χ3n) is 9.28. The molecule has 0 aliphatic rings. The van der Waals surface area contributed by atoms with Crippen molar-refractivity contribution < 1.29 is 4.42 Å². The van der Waals surface area contributed by atoms with E-state index in [1.165, 1.54) is 33.0 Å². The predicted octanol–water partition coefficient (Wildman–Crippen LogP) is 13.2. The third kappa shape index (κ3) is 4.92. The normalized spacial score (nSPS) is 11.3. The summed E-state index contributed by atoms with van der Waals surface area (Å²) in [5, 5.41) is 4.69. The summed E-state index contributed by atoms with van der Waals surface area (Å²) in [5.74, 6) is 0. The fourth-order valence-electron chi connectivity index (χ4n) is 6.92. The summed E-state index contributed by atoms with van der Waals surface area (Å²) in [6.45, 7) is 0. The summed E-state index contributed by atoms with van der Waals surface area (Å²) < 4.78 is 6.26. The Hall–Kier alpha value is -6.38. The van der Waals surface area contributed by atoms with Crippen LogP contribution in [0.1, 0.15) is 0 Å². The highest BCUT2D eigenvalue weighted by Gasteiger charge is 2.19. The predicted molar refractivity (Wildman–Crippen MR) is 202 cm³/mol. The molecule has 0 unspecified atom stereocenters. The van der Waals surface area contributed by atoms with Crippen molar-refractivity contribution in [1.29, 1.82) is 0 Å². The minimum absolute atomic E-state index is 0.910. The molecule has 8 aromatic carbocycles. The lowest BCUT2D eigenvalue weighted by atomic mass is 9.96. The van der Waals surface area contributed by atoms with Gasteiger partial charge in [0.2, 0.25) is 0 Å². The summed E-state index contributed by atoms with van der Waals surface area (Å²) in [6.07, 6.45) is 0. The summed E-state index contributed by atoms with van der Waals surface area (Å²) in [7, 11) is 0. The molecule has 2 nitrogen and oxygen atoms in total. The van der Waals surface area contributed by atoms with Crippen molar-refractivity contribution in [3.8, 4) is 33.4 Å². The van der Waals surface area contributed by atoms with E-state index < -0.39 is 0 Å². The minimum atomic E-state index is 0.910. The summed E-state index contributed by atoms with van der Waals surface area (Å²) in [5.41, 5.74) is 12.2. The van der Waals surface area contributed by atoms with Crippen molar-refractivity contribution in [2.45, 2.75) is 0 Å². The van der Waals surface area contributed by atoms with E-state index in [9.17, 15) is 0 Å². The van der Waals surface area contributed by atoms with Crippen molar-refractivity contribution in [3.05, 3.63) is 188 Å². The minimum Gasteiger partial charge on any atom is -0.456 e. The van der Waals surface area contributed by atoms with Gasteiger partial charge in [0, 0.05) is 27.7 Å². The molecular formula is C46H31NO. The number of anilines is 3. The van der Waals surface area contributed by atoms with E-state index >= 15 is 0 Å². The van der Waals surface area contributed by atoms with Crippen LogP contribution in [0.3, 0.4) is 0 Å². The maximum absolute atomic E-state index is 6.26. The summed E-state index contributed by atoms with van der Waals surface area (Å²) in [6, 6.07) is 66.9. The highest BCUT2D eigenvalue weighted by Crippen LogP contribution is 2.43. The van der Waals surface area contributed by atoms with Crippen LogP contribution in [-0.2, 0) is 0 Å². The molecular weight excluding hydrogens is 583 g/mol. The van der Waals surface area contributed by atoms with Crippen molar-refractivity contribution in [2.75, 3.05) is 4.90 Å². The van der Waals surface area contributed by atoms with E-state index in [-0.39, 0.29) is 0 Å². The van der Waals surface area contributed by atoms with Crippen LogP contribution in [0, 0.1) is 0 Å². The van der Waals surface area contributed by atoms with Crippen LogP contribution in [0.4, 0.5) is 17.1 Å². The molecule has 1 aromatic heterocycles. The van der Waals surface area contributed by atoms with Crippen LogP contribution < -0.4 is 4.90 Å². The SMILES string of the molecule is c1ccc(-c2ccc(N(c3ccc(-c4ccccc4)cc3)c3ccccc3-c3ccc4ccc5oc6ccccc6c5c4c3)cc2)cc1. The van der Waals surface area contributed by atoms with E-state index in [1.54, 1.807) is 0 Å². The summed E-state index contributed by atoms with van der Waals surface area (Å²) >= 11 is 0. The van der Waals surface area contributed by atoms with Gasteiger partial charge in [-0.25, -0.2) is 0 Å². The van der Waals surface area contributed by atoms with Gasteiger partial charge in [-0.2, -0.15) is 0 Å². The molecule has 0 bridgehead atoms. The first-order chi connectivity index (χ1) is 23.8. The van der Waals surface area contributed by atoms with Crippen LogP contribution in [0.5, 0.6) is 0 Å². The lowest BCUT2D eigenvalue weighted by Gasteiger charge is -2.28. The van der Waals surface area contributed by atoms with E-state index in [1.807, 2.05) is 12.1 Å². The second-order valence-electron chi connectivity index (χ2n) is 12.2. The Morgan fingerprint density at radius 1 is 0.354 bits per heavy atom. The van der Waals surface area contributed by atoms with Crippen LogP contribution in [0.2, 0.25) is 0 Å². The molecule has 0 atom stereocenters. The highest BCUT2D eigenvalue weighted by atomic mass is 16.3. The molecule has 0 radical (unpaired) electrons. The molecule has 0 N–H and O–H groups in total. The Morgan fingerprint density at radius 2 is 0.875 bits per heavy atom. The van der Waals surface area contributed by atoms with Gasteiger partial charge in [0.05, 0.1) is 5.69 Å². The van der Waals surface area contributed by atoms with Gasteiger partial charge in [-0.05, 0) is 87.1 Å². The molecule has 0 spiro atoms.